The van der Waals surface area contributed by atoms with Crippen LogP contribution in [-0.4, -0.2) is 55.1 Å². The fourth-order valence-corrected chi connectivity index (χ4v) is 2.97. The molecule has 1 fully saturated rings. The molecule has 2 aliphatic heterocycles. The highest BCUT2D eigenvalue weighted by Gasteiger charge is 2.20. The molecule has 20 heavy (non-hydrogen) atoms. The fourth-order valence-electron chi connectivity index (χ4n) is 2.37. The Morgan fingerprint density at radius 1 is 1.40 bits per heavy atom. The molecule has 1 aromatic rings. The summed E-state index contributed by atoms with van der Waals surface area (Å²) in [7, 11) is 0. The van der Waals surface area contributed by atoms with Gasteiger partial charge in [-0.05, 0) is 18.9 Å². The van der Waals surface area contributed by atoms with Gasteiger partial charge >= 0.3 is 0 Å². The molecule has 1 saturated heterocycles. The first-order valence-electron chi connectivity index (χ1n) is 6.88. The van der Waals surface area contributed by atoms with Crippen molar-refractivity contribution in [2.75, 3.05) is 39.4 Å². The maximum atomic E-state index is 5.40. The van der Waals surface area contributed by atoms with Gasteiger partial charge in [-0.25, -0.2) is 4.98 Å². The van der Waals surface area contributed by atoms with Crippen molar-refractivity contribution in [2.24, 2.45) is 4.99 Å². The topological polar surface area (TPSA) is 49.8 Å². The zero-order valence-corrected chi connectivity index (χ0v) is 12.3. The number of amidine groups is 1. The van der Waals surface area contributed by atoms with E-state index in [4.69, 9.17) is 4.74 Å². The number of rotatable bonds is 4. The van der Waals surface area contributed by atoms with Crippen molar-refractivity contribution >= 4 is 17.2 Å². The van der Waals surface area contributed by atoms with E-state index in [1.165, 1.54) is 11.3 Å². The lowest BCUT2D eigenvalue weighted by Crippen LogP contribution is -2.42. The van der Waals surface area contributed by atoms with Gasteiger partial charge in [0.1, 0.15) is 0 Å². The molecule has 1 N–H and O–H groups in total. The highest BCUT2D eigenvalue weighted by atomic mass is 32.1. The largest absolute Gasteiger partial charge is 0.379 e. The third-order valence-electron chi connectivity index (χ3n) is 3.55. The van der Waals surface area contributed by atoms with Gasteiger partial charge in [-0.2, -0.15) is 0 Å². The van der Waals surface area contributed by atoms with E-state index in [2.05, 4.69) is 27.1 Å². The number of morpholine rings is 1. The Bertz CT molecular complexity index is 503. The maximum Gasteiger partial charge on any atom is 0.162 e. The van der Waals surface area contributed by atoms with Crippen LogP contribution in [0.3, 0.4) is 0 Å². The Morgan fingerprint density at radius 2 is 2.25 bits per heavy atom. The highest BCUT2D eigenvalue weighted by Crippen LogP contribution is 2.16. The molecule has 0 bridgehead atoms. The summed E-state index contributed by atoms with van der Waals surface area (Å²) in [6.45, 7) is 9.27. The predicted octanol–water partition coefficient (Wildman–Crippen LogP) is 1.30. The minimum Gasteiger partial charge on any atom is -0.379 e. The molecule has 0 amide bonds. The average molecular weight is 291 g/mol. The van der Waals surface area contributed by atoms with Gasteiger partial charge in [0.15, 0.2) is 10.8 Å². The van der Waals surface area contributed by atoms with Gasteiger partial charge in [0, 0.05) is 36.9 Å². The van der Waals surface area contributed by atoms with Crippen LogP contribution in [0.15, 0.2) is 27.8 Å². The van der Waals surface area contributed by atoms with E-state index in [1.54, 1.807) is 11.3 Å². The summed E-state index contributed by atoms with van der Waals surface area (Å²) in [4.78, 5) is 11.3. The zero-order chi connectivity index (χ0) is 13.8. The lowest BCUT2D eigenvalue weighted by atomic mass is 10.1. The highest BCUT2D eigenvalue weighted by molar-refractivity contribution is 7.11. The number of ether oxygens (including phenoxy) is 1. The lowest BCUT2D eigenvalue weighted by molar-refractivity contribution is 0.0417. The van der Waals surface area contributed by atoms with E-state index in [9.17, 15) is 0 Å². The van der Waals surface area contributed by atoms with Crippen LogP contribution in [0.1, 0.15) is 11.4 Å². The average Bonchev–Trinajstić information content (AvgIpc) is 3.02. The lowest BCUT2D eigenvalue weighted by Gasteiger charge is -2.30. The SMILES string of the molecule is [CH2]CC1=C(CN2CCOCC2)NC(c2nccs2)=NC1. The molecule has 3 rings (SSSR count). The number of aromatic nitrogens is 1. The molecule has 2 aliphatic rings. The van der Waals surface area contributed by atoms with E-state index < -0.39 is 0 Å². The third-order valence-corrected chi connectivity index (χ3v) is 4.33. The fraction of sp³-hybridized carbons (Fsp3) is 0.500. The molecule has 0 unspecified atom stereocenters. The number of nitrogens with zero attached hydrogens (tertiary/aromatic N) is 3. The van der Waals surface area contributed by atoms with Crippen molar-refractivity contribution in [3.63, 3.8) is 0 Å². The Balaban J connectivity index is 1.71. The molecule has 1 aromatic heterocycles. The summed E-state index contributed by atoms with van der Waals surface area (Å²) in [5, 5.41) is 6.38. The number of thiazole rings is 1. The molecular weight excluding hydrogens is 272 g/mol. The third kappa shape index (κ3) is 3.08. The van der Waals surface area contributed by atoms with Crippen molar-refractivity contribution in [1.29, 1.82) is 0 Å². The molecule has 0 saturated carbocycles. The second-order valence-electron chi connectivity index (χ2n) is 4.85. The number of hydrogen-bond acceptors (Lipinski definition) is 6. The molecule has 5 nitrogen and oxygen atoms in total. The summed E-state index contributed by atoms with van der Waals surface area (Å²) < 4.78 is 5.40. The van der Waals surface area contributed by atoms with E-state index >= 15 is 0 Å². The molecule has 0 spiro atoms. The van der Waals surface area contributed by atoms with Gasteiger partial charge in [-0.15, -0.1) is 11.3 Å². The minimum absolute atomic E-state index is 0.727. The van der Waals surface area contributed by atoms with E-state index in [0.717, 1.165) is 56.7 Å². The first-order chi connectivity index (χ1) is 9.86. The smallest absolute Gasteiger partial charge is 0.162 e. The molecule has 0 atom stereocenters. The molecular formula is C14H19N4OS. The van der Waals surface area contributed by atoms with Crippen molar-refractivity contribution in [1.82, 2.24) is 15.2 Å². The molecule has 107 valence electrons. The van der Waals surface area contributed by atoms with Crippen LogP contribution in [0.25, 0.3) is 0 Å². The van der Waals surface area contributed by atoms with Crippen molar-refractivity contribution in [3.05, 3.63) is 34.8 Å². The maximum absolute atomic E-state index is 5.40. The second-order valence-corrected chi connectivity index (χ2v) is 5.74. The van der Waals surface area contributed by atoms with Crippen LogP contribution in [0, 0.1) is 6.92 Å². The molecule has 3 heterocycles. The van der Waals surface area contributed by atoms with E-state index in [-0.39, 0.29) is 0 Å². The van der Waals surface area contributed by atoms with Gasteiger partial charge in [-0.3, -0.25) is 9.89 Å². The summed E-state index contributed by atoms with van der Waals surface area (Å²) in [6, 6.07) is 0. The van der Waals surface area contributed by atoms with Crippen LogP contribution in [0.2, 0.25) is 0 Å². The van der Waals surface area contributed by atoms with Gasteiger partial charge in [0.05, 0.1) is 19.8 Å². The number of nitrogens with one attached hydrogen (secondary N) is 1. The quantitative estimate of drug-likeness (QED) is 0.908. The Morgan fingerprint density at radius 3 is 2.95 bits per heavy atom. The van der Waals surface area contributed by atoms with Gasteiger partial charge in [0.25, 0.3) is 0 Å². The molecule has 1 radical (unpaired) electrons. The van der Waals surface area contributed by atoms with Gasteiger partial charge in [-0.1, -0.05) is 0 Å². The summed E-state index contributed by atoms with van der Waals surface area (Å²) >= 11 is 1.61. The van der Waals surface area contributed by atoms with Crippen LogP contribution in [0.5, 0.6) is 0 Å². The van der Waals surface area contributed by atoms with Gasteiger partial charge in [0.2, 0.25) is 0 Å². The summed E-state index contributed by atoms with van der Waals surface area (Å²) in [6.07, 6.45) is 2.60. The normalized spacial score (nSPS) is 20.8. The van der Waals surface area contributed by atoms with Crippen LogP contribution < -0.4 is 5.32 Å². The van der Waals surface area contributed by atoms with Crippen LogP contribution in [-0.2, 0) is 4.74 Å². The number of hydrogen-bond donors (Lipinski definition) is 1. The monoisotopic (exact) mass is 291 g/mol. The summed E-state index contributed by atoms with van der Waals surface area (Å²) in [5.41, 5.74) is 2.53. The predicted molar refractivity (Wildman–Crippen MR) is 80.9 cm³/mol. The van der Waals surface area contributed by atoms with E-state index in [0.29, 0.717) is 0 Å². The molecule has 0 aromatic carbocycles. The summed E-state index contributed by atoms with van der Waals surface area (Å²) in [5.74, 6) is 0.889. The standard InChI is InChI=1S/C14H19N4OS/c1-2-11-9-16-13(14-15-3-8-20-14)17-12(11)10-18-4-6-19-7-5-18/h3,8H,1-2,4-7,9-10H2,(H,16,17). The minimum atomic E-state index is 0.727. The number of aliphatic imine (C=N–C) groups is 1. The first-order valence-corrected chi connectivity index (χ1v) is 7.76. The zero-order valence-electron chi connectivity index (χ0n) is 11.5. The molecule has 0 aliphatic carbocycles. The van der Waals surface area contributed by atoms with Crippen LogP contribution >= 0.6 is 11.3 Å². The Kier molecular flexibility index (Phi) is 4.44. The van der Waals surface area contributed by atoms with Crippen molar-refractivity contribution < 1.29 is 4.74 Å². The van der Waals surface area contributed by atoms with E-state index in [1.807, 2.05) is 11.6 Å². The van der Waals surface area contributed by atoms with Crippen molar-refractivity contribution in [3.8, 4) is 0 Å². The Labute approximate surface area is 123 Å². The Hall–Kier alpha value is -1.24. The van der Waals surface area contributed by atoms with Crippen LogP contribution in [0.4, 0.5) is 0 Å². The van der Waals surface area contributed by atoms with Gasteiger partial charge < -0.3 is 10.1 Å². The molecule has 6 heteroatoms. The first kappa shape index (κ1) is 13.7. The van der Waals surface area contributed by atoms with Crippen molar-refractivity contribution in [2.45, 2.75) is 6.42 Å². The second kappa shape index (κ2) is 6.47.